The fourth-order valence-electron chi connectivity index (χ4n) is 2.93. The highest BCUT2D eigenvalue weighted by Gasteiger charge is 2.16. The van der Waals surface area contributed by atoms with Crippen molar-refractivity contribution in [3.8, 4) is 5.75 Å². The molecule has 0 saturated carbocycles. The summed E-state index contributed by atoms with van der Waals surface area (Å²) in [5.41, 5.74) is 5.47. The van der Waals surface area contributed by atoms with Crippen molar-refractivity contribution < 1.29 is 9.53 Å². The van der Waals surface area contributed by atoms with E-state index in [4.69, 9.17) is 4.74 Å². The second-order valence-electron chi connectivity index (χ2n) is 6.32. The molecule has 0 bridgehead atoms. The van der Waals surface area contributed by atoms with Crippen molar-refractivity contribution in [1.82, 2.24) is 9.78 Å². The van der Waals surface area contributed by atoms with Gasteiger partial charge in [-0.05, 0) is 50.1 Å². The molecule has 0 aliphatic heterocycles. The fourth-order valence-corrected chi connectivity index (χ4v) is 2.93. The third-order valence-electron chi connectivity index (χ3n) is 4.53. The molecule has 0 spiro atoms. The predicted molar refractivity (Wildman–Crippen MR) is 103 cm³/mol. The zero-order valence-corrected chi connectivity index (χ0v) is 15.5. The molecule has 134 valence electrons. The highest BCUT2D eigenvalue weighted by molar-refractivity contribution is 6.05. The molecule has 1 aromatic heterocycles. The van der Waals surface area contributed by atoms with Gasteiger partial charge in [0.1, 0.15) is 5.75 Å². The fraction of sp³-hybridized carbons (Fsp3) is 0.238. The first-order valence-electron chi connectivity index (χ1n) is 8.53. The summed E-state index contributed by atoms with van der Waals surface area (Å²) in [6, 6.07) is 15.3. The third-order valence-corrected chi connectivity index (χ3v) is 4.53. The quantitative estimate of drug-likeness (QED) is 0.754. The second-order valence-corrected chi connectivity index (χ2v) is 6.32. The molecule has 3 rings (SSSR count). The van der Waals surface area contributed by atoms with E-state index in [9.17, 15) is 4.79 Å². The summed E-state index contributed by atoms with van der Waals surface area (Å²) in [5.74, 6) is 0.479. The lowest BCUT2D eigenvalue weighted by molar-refractivity contribution is 0.102. The van der Waals surface area contributed by atoms with Crippen LogP contribution in [-0.4, -0.2) is 22.8 Å². The van der Waals surface area contributed by atoms with Crippen molar-refractivity contribution in [2.45, 2.75) is 27.3 Å². The molecule has 0 radical (unpaired) electrons. The van der Waals surface area contributed by atoms with Gasteiger partial charge in [-0.15, -0.1) is 0 Å². The van der Waals surface area contributed by atoms with Crippen LogP contribution in [0.3, 0.4) is 0 Å². The Morgan fingerprint density at radius 2 is 1.88 bits per heavy atom. The smallest absolute Gasteiger partial charge is 0.255 e. The number of carbonyl (C=O) groups excluding carboxylic acids is 1. The van der Waals surface area contributed by atoms with Crippen molar-refractivity contribution in [2.24, 2.45) is 0 Å². The lowest BCUT2D eigenvalue weighted by Gasteiger charge is -2.09. The normalized spacial score (nSPS) is 10.6. The Morgan fingerprint density at radius 3 is 2.62 bits per heavy atom. The van der Waals surface area contributed by atoms with E-state index in [0.717, 1.165) is 17.1 Å². The van der Waals surface area contributed by atoms with E-state index in [1.807, 2.05) is 36.7 Å². The Hall–Kier alpha value is -3.08. The number of nitrogens with zero attached hydrogens (tertiary/aromatic N) is 2. The Labute approximate surface area is 153 Å². The topological polar surface area (TPSA) is 56.1 Å². The van der Waals surface area contributed by atoms with Crippen molar-refractivity contribution in [3.63, 3.8) is 0 Å². The summed E-state index contributed by atoms with van der Waals surface area (Å²) in [6.45, 7) is 6.64. The van der Waals surface area contributed by atoms with Gasteiger partial charge in [-0.3, -0.25) is 9.48 Å². The molecular weight excluding hydrogens is 326 g/mol. The number of aromatic nitrogens is 2. The van der Waals surface area contributed by atoms with E-state index in [0.29, 0.717) is 17.9 Å². The zero-order valence-electron chi connectivity index (χ0n) is 15.5. The number of methoxy groups -OCH3 is 1. The van der Waals surface area contributed by atoms with E-state index >= 15 is 0 Å². The number of anilines is 1. The Morgan fingerprint density at radius 1 is 1.12 bits per heavy atom. The molecule has 5 nitrogen and oxygen atoms in total. The highest BCUT2D eigenvalue weighted by Crippen LogP contribution is 2.22. The second kappa shape index (κ2) is 7.44. The number of ether oxygens (including phenoxy) is 1. The molecule has 0 fully saturated rings. The van der Waals surface area contributed by atoms with Gasteiger partial charge in [-0.1, -0.05) is 30.3 Å². The molecule has 0 aliphatic rings. The summed E-state index contributed by atoms with van der Waals surface area (Å²) >= 11 is 0. The van der Waals surface area contributed by atoms with E-state index < -0.39 is 0 Å². The van der Waals surface area contributed by atoms with Gasteiger partial charge in [0.05, 0.1) is 30.7 Å². The number of benzene rings is 2. The van der Waals surface area contributed by atoms with Crippen LogP contribution < -0.4 is 10.1 Å². The zero-order chi connectivity index (χ0) is 18.7. The van der Waals surface area contributed by atoms with Crippen molar-refractivity contribution in [3.05, 3.63) is 76.6 Å². The minimum absolute atomic E-state index is 0.175. The van der Waals surface area contributed by atoms with Gasteiger partial charge in [-0.25, -0.2) is 0 Å². The first kappa shape index (κ1) is 17.7. The Bertz CT molecular complexity index is 944. The molecule has 1 amide bonds. The number of hydrogen-bond acceptors (Lipinski definition) is 3. The summed E-state index contributed by atoms with van der Waals surface area (Å²) in [7, 11) is 1.58. The molecule has 1 N–H and O–H groups in total. The summed E-state index contributed by atoms with van der Waals surface area (Å²) in [6.07, 6.45) is 0. The standard InChI is InChI=1S/C21H23N3O2/c1-14-8-5-6-9-18(14)13-24-16(3)20(15(2)23-24)22-21(25)17-10-7-11-19(12-17)26-4/h5-12H,13H2,1-4H3,(H,22,25). The van der Waals surface area contributed by atoms with Gasteiger partial charge in [0.25, 0.3) is 5.91 Å². The number of hydrogen-bond donors (Lipinski definition) is 1. The molecule has 0 aliphatic carbocycles. The van der Waals surface area contributed by atoms with E-state index in [1.54, 1.807) is 25.3 Å². The summed E-state index contributed by atoms with van der Waals surface area (Å²) in [5, 5.41) is 7.59. The van der Waals surface area contributed by atoms with Crippen LogP contribution in [0.1, 0.15) is 32.9 Å². The predicted octanol–water partition coefficient (Wildman–Crippen LogP) is 4.12. The lowest BCUT2D eigenvalue weighted by Crippen LogP contribution is -2.13. The summed E-state index contributed by atoms with van der Waals surface area (Å²) < 4.78 is 7.12. The monoisotopic (exact) mass is 349 g/mol. The number of nitrogens with one attached hydrogen (secondary N) is 1. The van der Waals surface area contributed by atoms with Gasteiger partial charge >= 0.3 is 0 Å². The van der Waals surface area contributed by atoms with Crippen LogP contribution in [0, 0.1) is 20.8 Å². The van der Waals surface area contributed by atoms with Crippen molar-refractivity contribution >= 4 is 11.6 Å². The van der Waals surface area contributed by atoms with Crippen molar-refractivity contribution in [1.29, 1.82) is 0 Å². The highest BCUT2D eigenvalue weighted by atomic mass is 16.5. The first-order valence-corrected chi connectivity index (χ1v) is 8.53. The summed E-state index contributed by atoms with van der Waals surface area (Å²) in [4.78, 5) is 12.6. The molecule has 3 aromatic rings. The first-order chi connectivity index (χ1) is 12.5. The lowest BCUT2D eigenvalue weighted by atomic mass is 10.1. The van der Waals surface area contributed by atoms with Gasteiger partial charge in [-0.2, -0.15) is 5.10 Å². The minimum Gasteiger partial charge on any atom is -0.497 e. The minimum atomic E-state index is -0.175. The molecule has 5 heteroatoms. The average Bonchev–Trinajstić information content (AvgIpc) is 2.91. The van der Waals surface area contributed by atoms with E-state index in [1.165, 1.54) is 11.1 Å². The maximum absolute atomic E-state index is 12.6. The number of aryl methyl sites for hydroxylation is 2. The maximum Gasteiger partial charge on any atom is 0.255 e. The van der Waals surface area contributed by atoms with E-state index in [2.05, 4.69) is 29.5 Å². The van der Waals surface area contributed by atoms with Crippen LogP contribution in [0.15, 0.2) is 48.5 Å². The van der Waals surface area contributed by atoms with Gasteiger partial charge in [0.2, 0.25) is 0 Å². The van der Waals surface area contributed by atoms with Crippen LogP contribution >= 0.6 is 0 Å². The molecular formula is C21H23N3O2. The number of amides is 1. The van der Waals surface area contributed by atoms with Crippen LogP contribution in [0.5, 0.6) is 5.75 Å². The van der Waals surface area contributed by atoms with Crippen molar-refractivity contribution in [2.75, 3.05) is 12.4 Å². The van der Waals surface area contributed by atoms with E-state index in [-0.39, 0.29) is 5.91 Å². The SMILES string of the molecule is COc1cccc(C(=O)Nc2c(C)nn(Cc3ccccc3C)c2C)c1. The Kier molecular flexibility index (Phi) is 5.07. The van der Waals surface area contributed by atoms with Gasteiger partial charge < -0.3 is 10.1 Å². The molecule has 0 saturated heterocycles. The van der Waals surface area contributed by atoms with Crippen LogP contribution in [0.2, 0.25) is 0 Å². The molecule has 0 atom stereocenters. The van der Waals surface area contributed by atoms with Gasteiger partial charge in [0.15, 0.2) is 0 Å². The van der Waals surface area contributed by atoms with Crippen LogP contribution in [-0.2, 0) is 6.54 Å². The largest absolute Gasteiger partial charge is 0.497 e. The molecule has 26 heavy (non-hydrogen) atoms. The molecule has 0 unspecified atom stereocenters. The number of rotatable bonds is 5. The van der Waals surface area contributed by atoms with Crippen LogP contribution in [0.4, 0.5) is 5.69 Å². The number of carbonyl (C=O) groups is 1. The average molecular weight is 349 g/mol. The van der Waals surface area contributed by atoms with Gasteiger partial charge in [0, 0.05) is 5.56 Å². The maximum atomic E-state index is 12.6. The third kappa shape index (κ3) is 3.61. The van der Waals surface area contributed by atoms with Crippen LogP contribution in [0.25, 0.3) is 0 Å². The molecule has 2 aromatic carbocycles. The molecule has 1 heterocycles. The Balaban J connectivity index is 1.84.